The topological polar surface area (TPSA) is 38.0 Å². The fraction of sp³-hybridized carbons (Fsp3) is 0.0769. The molecule has 0 bridgehead atoms. The molecular formula is C13H14N2. The van der Waals surface area contributed by atoms with E-state index >= 15 is 0 Å². The predicted molar refractivity (Wildman–Crippen MR) is 64.3 cm³/mol. The van der Waals surface area contributed by atoms with E-state index in [0.717, 1.165) is 28.1 Å². The van der Waals surface area contributed by atoms with Crippen LogP contribution in [-0.2, 0) is 6.54 Å². The van der Waals surface area contributed by atoms with Crippen LogP contribution in [0.2, 0.25) is 0 Å². The van der Waals surface area contributed by atoms with E-state index in [-0.39, 0.29) is 0 Å². The number of hydrogen-bond acceptors (Lipinski definition) is 2. The Bertz CT molecular complexity index is 455. The third kappa shape index (κ3) is 1.85. The smallest absolute Gasteiger partial charge is 0.0463 e. The molecule has 0 radical (unpaired) electrons. The van der Waals surface area contributed by atoms with Gasteiger partial charge in [-0.2, -0.15) is 0 Å². The number of nitrogens with two attached hydrogens (primary N) is 1. The van der Waals surface area contributed by atoms with Crippen molar-refractivity contribution in [2.75, 3.05) is 5.32 Å². The minimum Gasteiger partial charge on any atom is -0.355 e. The molecule has 1 aliphatic carbocycles. The van der Waals surface area contributed by atoms with E-state index in [4.69, 9.17) is 5.73 Å². The Labute approximate surface area is 89.8 Å². The molecule has 2 rings (SSSR count). The van der Waals surface area contributed by atoms with Crippen molar-refractivity contribution in [2.24, 2.45) is 5.73 Å². The van der Waals surface area contributed by atoms with Crippen molar-refractivity contribution in [3.05, 3.63) is 65.9 Å². The zero-order valence-corrected chi connectivity index (χ0v) is 8.59. The Balaban J connectivity index is 2.15. The van der Waals surface area contributed by atoms with Gasteiger partial charge in [-0.25, -0.2) is 0 Å². The van der Waals surface area contributed by atoms with E-state index in [1.807, 2.05) is 30.3 Å². The number of rotatable bonds is 3. The predicted octanol–water partition coefficient (Wildman–Crippen LogP) is 2.57. The average molecular weight is 198 g/mol. The summed E-state index contributed by atoms with van der Waals surface area (Å²) in [6.07, 6.45) is 1.98. The summed E-state index contributed by atoms with van der Waals surface area (Å²) in [7, 11) is 0. The minimum absolute atomic E-state index is 0.558. The van der Waals surface area contributed by atoms with Crippen LogP contribution in [0.25, 0.3) is 0 Å². The molecule has 2 heteroatoms. The maximum absolute atomic E-state index is 5.57. The fourth-order valence-corrected chi connectivity index (χ4v) is 1.49. The molecule has 3 N–H and O–H groups in total. The third-order valence-electron chi connectivity index (χ3n) is 2.47. The van der Waals surface area contributed by atoms with Crippen molar-refractivity contribution in [2.45, 2.75) is 6.54 Å². The highest BCUT2D eigenvalue weighted by atomic mass is 14.9. The summed E-state index contributed by atoms with van der Waals surface area (Å²) in [5.74, 6) is 0. The lowest BCUT2D eigenvalue weighted by Crippen LogP contribution is -2.11. The molecule has 0 heterocycles. The summed E-state index contributed by atoms with van der Waals surface area (Å²) < 4.78 is 0. The van der Waals surface area contributed by atoms with Gasteiger partial charge in [0.25, 0.3) is 0 Å². The Hall–Kier alpha value is -1.80. The number of benzene rings is 1. The Kier molecular flexibility index (Phi) is 2.44. The quantitative estimate of drug-likeness (QED) is 0.783. The van der Waals surface area contributed by atoms with Crippen LogP contribution in [-0.4, -0.2) is 0 Å². The first-order chi connectivity index (χ1) is 7.20. The average Bonchev–Trinajstić information content (AvgIpc) is 2.28. The van der Waals surface area contributed by atoms with Gasteiger partial charge in [-0.3, -0.25) is 0 Å². The summed E-state index contributed by atoms with van der Waals surface area (Å²) in [5.41, 5.74) is 10.7. The van der Waals surface area contributed by atoms with E-state index in [2.05, 4.69) is 18.5 Å². The summed E-state index contributed by atoms with van der Waals surface area (Å²) in [6, 6.07) is 8.04. The van der Waals surface area contributed by atoms with Crippen LogP contribution in [0.3, 0.4) is 0 Å². The lowest BCUT2D eigenvalue weighted by atomic mass is 9.94. The number of hydrogen-bond donors (Lipinski definition) is 2. The summed E-state index contributed by atoms with van der Waals surface area (Å²) in [6.45, 7) is 8.30. The molecule has 0 saturated heterocycles. The van der Waals surface area contributed by atoms with Crippen molar-refractivity contribution >= 4 is 5.69 Å². The molecule has 76 valence electrons. The summed E-state index contributed by atoms with van der Waals surface area (Å²) in [5, 5.41) is 3.28. The van der Waals surface area contributed by atoms with E-state index < -0.39 is 0 Å². The van der Waals surface area contributed by atoms with Gasteiger partial charge in [0.15, 0.2) is 0 Å². The Morgan fingerprint density at radius 1 is 1.27 bits per heavy atom. The van der Waals surface area contributed by atoms with Crippen molar-refractivity contribution in [1.29, 1.82) is 0 Å². The third-order valence-corrected chi connectivity index (χ3v) is 2.47. The van der Waals surface area contributed by atoms with E-state index in [1.165, 1.54) is 0 Å². The molecule has 15 heavy (non-hydrogen) atoms. The minimum atomic E-state index is 0.558. The fourth-order valence-electron chi connectivity index (χ4n) is 1.49. The highest BCUT2D eigenvalue weighted by molar-refractivity contribution is 5.68. The zero-order chi connectivity index (χ0) is 10.8. The molecule has 0 unspecified atom stereocenters. The lowest BCUT2D eigenvalue weighted by Gasteiger charge is -2.22. The molecule has 0 amide bonds. The summed E-state index contributed by atoms with van der Waals surface area (Å²) >= 11 is 0. The molecule has 0 aromatic heterocycles. The number of anilines is 1. The van der Waals surface area contributed by atoms with Crippen LogP contribution in [0.1, 0.15) is 5.56 Å². The van der Waals surface area contributed by atoms with Crippen LogP contribution in [0.15, 0.2) is 60.3 Å². The molecule has 1 aromatic rings. The van der Waals surface area contributed by atoms with E-state index in [1.54, 1.807) is 0 Å². The van der Waals surface area contributed by atoms with Crippen molar-refractivity contribution in [3.63, 3.8) is 0 Å². The Morgan fingerprint density at radius 2 is 2.07 bits per heavy atom. The second kappa shape index (κ2) is 3.75. The van der Waals surface area contributed by atoms with Gasteiger partial charge in [-0.1, -0.05) is 25.3 Å². The van der Waals surface area contributed by atoms with Gasteiger partial charge in [0, 0.05) is 17.9 Å². The van der Waals surface area contributed by atoms with Crippen molar-refractivity contribution < 1.29 is 0 Å². The van der Waals surface area contributed by atoms with E-state index in [0.29, 0.717) is 6.54 Å². The van der Waals surface area contributed by atoms with Gasteiger partial charge in [-0.05, 0) is 34.9 Å². The summed E-state index contributed by atoms with van der Waals surface area (Å²) in [4.78, 5) is 0. The maximum atomic E-state index is 5.57. The SMILES string of the molecule is C=C1C=C(Nc2cccc(CN)c2)C1=C. The number of nitrogens with one attached hydrogen (secondary N) is 1. The largest absolute Gasteiger partial charge is 0.355 e. The maximum Gasteiger partial charge on any atom is 0.0463 e. The highest BCUT2D eigenvalue weighted by Gasteiger charge is 2.14. The van der Waals surface area contributed by atoms with Gasteiger partial charge < -0.3 is 11.1 Å². The lowest BCUT2D eigenvalue weighted by molar-refractivity contribution is 1.07. The molecule has 0 atom stereocenters. The first kappa shape index (κ1) is 9.74. The first-order valence-electron chi connectivity index (χ1n) is 4.87. The first-order valence-corrected chi connectivity index (χ1v) is 4.87. The van der Waals surface area contributed by atoms with Crippen LogP contribution in [0, 0.1) is 0 Å². The molecule has 0 saturated carbocycles. The van der Waals surface area contributed by atoms with Crippen molar-refractivity contribution in [1.82, 2.24) is 0 Å². The monoisotopic (exact) mass is 198 g/mol. The van der Waals surface area contributed by atoms with Gasteiger partial charge in [0.2, 0.25) is 0 Å². The van der Waals surface area contributed by atoms with E-state index in [9.17, 15) is 0 Å². The molecule has 2 nitrogen and oxygen atoms in total. The van der Waals surface area contributed by atoms with Crippen LogP contribution in [0.5, 0.6) is 0 Å². The molecule has 1 aliphatic rings. The van der Waals surface area contributed by atoms with Gasteiger partial charge in [0.1, 0.15) is 0 Å². The Morgan fingerprint density at radius 3 is 2.67 bits per heavy atom. The molecule has 0 aliphatic heterocycles. The molecule has 0 fully saturated rings. The zero-order valence-electron chi connectivity index (χ0n) is 8.59. The highest BCUT2D eigenvalue weighted by Crippen LogP contribution is 2.29. The normalized spacial score (nSPS) is 14.6. The standard InChI is InChI=1S/C13H14N2/c1-9-6-13(10(9)2)15-12-5-3-4-11(7-12)8-14/h3-7,15H,1-2,8,14H2. The van der Waals surface area contributed by atoms with Gasteiger partial charge in [-0.15, -0.1) is 0 Å². The second-order valence-electron chi connectivity index (χ2n) is 3.59. The van der Waals surface area contributed by atoms with Crippen LogP contribution < -0.4 is 11.1 Å². The van der Waals surface area contributed by atoms with Gasteiger partial charge >= 0.3 is 0 Å². The molecule has 1 aromatic carbocycles. The number of allylic oxidation sites excluding steroid dienone is 2. The second-order valence-corrected chi connectivity index (χ2v) is 3.59. The van der Waals surface area contributed by atoms with Crippen molar-refractivity contribution in [3.8, 4) is 0 Å². The molecular weight excluding hydrogens is 184 g/mol. The van der Waals surface area contributed by atoms with Crippen LogP contribution >= 0.6 is 0 Å². The van der Waals surface area contributed by atoms with Gasteiger partial charge in [0.05, 0.1) is 0 Å². The van der Waals surface area contributed by atoms with Crippen LogP contribution in [0.4, 0.5) is 5.69 Å². The molecule has 0 spiro atoms.